The maximum absolute atomic E-state index is 2.20. The van der Waals surface area contributed by atoms with Crippen LogP contribution in [0.25, 0.3) is 0 Å². The molecule has 0 aromatic heterocycles. The van der Waals surface area contributed by atoms with Crippen molar-refractivity contribution in [2.75, 3.05) is 4.93 Å². The third kappa shape index (κ3) is 4.40. The Bertz CT molecular complexity index is 167. The minimum Gasteiger partial charge on any atom is -0.0901 e. The zero-order chi connectivity index (χ0) is 8.69. The molecule has 0 fully saturated rings. The van der Waals surface area contributed by atoms with Gasteiger partial charge in [0, 0.05) is 0 Å². The highest BCUT2D eigenvalue weighted by molar-refractivity contribution is 14.1. The van der Waals surface area contributed by atoms with E-state index in [1.807, 2.05) is 11.0 Å². The summed E-state index contributed by atoms with van der Waals surface area (Å²) in [6, 6.07) is 10.5. The van der Waals surface area contributed by atoms with Gasteiger partial charge in [-0.15, -0.1) is 0 Å². The lowest BCUT2D eigenvalue weighted by Crippen LogP contribution is -1.83. The van der Waals surface area contributed by atoms with Gasteiger partial charge < -0.3 is 0 Å². The molecule has 1 rings (SSSR count). The molecule has 11 heavy (non-hydrogen) atoms. The lowest BCUT2D eigenvalue weighted by molar-refractivity contribution is 0.867. The highest BCUT2D eigenvalue weighted by atomic mass is 127. The fraction of sp³-hybridized carbons (Fsp3) is 0.400. The summed E-state index contributed by atoms with van der Waals surface area (Å²) in [6.45, 7) is 4.41. The van der Waals surface area contributed by atoms with Gasteiger partial charge in [0.2, 0.25) is 0 Å². The van der Waals surface area contributed by atoms with E-state index in [9.17, 15) is 0 Å². The van der Waals surface area contributed by atoms with Crippen LogP contribution in [-0.4, -0.2) is 4.93 Å². The summed E-state index contributed by atoms with van der Waals surface area (Å²) in [5.41, 5.74) is 1.41. The predicted molar refractivity (Wildman–Crippen MR) is 60.5 cm³/mol. The van der Waals surface area contributed by atoms with E-state index >= 15 is 0 Å². The molecule has 0 radical (unpaired) electrons. The maximum atomic E-state index is 2.20. The van der Waals surface area contributed by atoms with Crippen LogP contribution >= 0.6 is 22.6 Å². The lowest BCUT2D eigenvalue weighted by Gasteiger charge is -2.01. The van der Waals surface area contributed by atoms with E-state index < -0.39 is 0 Å². The molecule has 0 heterocycles. The van der Waals surface area contributed by atoms with Crippen molar-refractivity contribution in [3.8, 4) is 0 Å². The molecule has 0 amide bonds. The van der Waals surface area contributed by atoms with Crippen LogP contribution in [0.1, 0.15) is 25.3 Å². The highest BCUT2D eigenvalue weighted by Crippen LogP contribution is 2.11. The molecular weight excluding hydrogens is 247 g/mol. The van der Waals surface area contributed by atoms with Crippen molar-refractivity contribution >= 4 is 22.6 Å². The first-order valence-electron chi connectivity index (χ1n) is 3.73. The van der Waals surface area contributed by atoms with Gasteiger partial charge in [-0.2, -0.15) is 0 Å². The number of rotatable bonds is 1. The summed E-state index contributed by atoms with van der Waals surface area (Å²) in [6.07, 6.45) is 0. The van der Waals surface area contributed by atoms with E-state index in [0.29, 0.717) is 5.92 Å². The fourth-order valence-corrected chi connectivity index (χ4v) is 0.838. The van der Waals surface area contributed by atoms with Gasteiger partial charge in [-0.3, -0.25) is 0 Å². The molecule has 1 aromatic carbocycles. The molecule has 0 saturated heterocycles. The van der Waals surface area contributed by atoms with Crippen LogP contribution in [0.15, 0.2) is 30.3 Å². The normalized spacial score (nSPS) is 8.82. The third-order valence-electron chi connectivity index (χ3n) is 1.47. The number of halogens is 1. The van der Waals surface area contributed by atoms with Gasteiger partial charge in [-0.25, -0.2) is 0 Å². The topological polar surface area (TPSA) is 0 Å². The first-order valence-corrected chi connectivity index (χ1v) is 5.89. The molecule has 0 N–H and O–H groups in total. The largest absolute Gasteiger partial charge is 0.0901 e. The maximum Gasteiger partial charge on any atom is -0.0121 e. The first-order chi connectivity index (χ1) is 5.30. The standard InChI is InChI=1S/C9H12.CH3I/c1-8(2)9-6-4-3-5-7-9;1-2/h3-8H,1-2H3;1H3. The Morgan fingerprint density at radius 3 is 1.73 bits per heavy atom. The van der Waals surface area contributed by atoms with Crippen LogP contribution in [0.4, 0.5) is 0 Å². The highest BCUT2D eigenvalue weighted by Gasteiger charge is 1.93. The number of hydrogen-bond donors (Lipinski definition) is 0. The quantitative estimate of drug-likeness (QED) is 0.532. The Balaban J connectivity index is 0.000000461. The minimum atomic E-state index is 0.659. The monoisotopic (exact) mass is 262 g/mol. The lowest BCUT2D eigenvalue weighted by atomic mass is 10.0. The molecular formula is C10H15I. The van der Waals surface area contributed by atoms with E-state index in [-0.39, 0.29) is 0 Å². The second kappa shape index (κ2) is 6.65. The van der Waals surface area contributed by atoms with Gasteiger partial charge in [-0.05, 0) is 16.4 Å². The summed E-state index contributed by atoms with van der Waals surface area (Å²) in [5, 5.41) is 0. The molecule has 0 unspecified atom stereocenters. The minimum absolute atomic E-state index is 0.659. The molecule has 1 heteroatoms. The van der Waals surface area contributed by atoms with E-state index in [2.05, 4.69) is 60.7 Å². The van der Waals surface area contributed by atoms with Crippen LogP contribution in [0, 0.1) is 0 Å². The van der Waals surface area contributed by atoms with Crippen molar-refractivity contribution in [1.29, 1.82) is 0 Å². The Hall–Kier alpha value is -0.0500. The van der Waals surface area contributed by atoms with Gasteiger partial charge in [0.15, 0.2) is 0 Å². The SMILES string of the molecule is CC(C)c1ccccc1.CI. The van der Waals surface area contributed by atoms with Gasteiger partial charge in [0.05, 0.1) is 0 Å². The Kier molecular flexibility index (Phi) is 6.62. The molecule has 1 aromatic rings. The van der Waals surface area contributed by atoms with Crippen LogP contribution in [0.3, 0.4) is 0 Å². The van der Waals surface area contributed by atoms with Crippen molar-refractivity contribution < 1.29 is 0 Å². The van der Waals surface area contributed by atoms with E-state index in [1.165, 1.54) is 5.56 Å². The molecule has 0 aliphatic heterocycles. The number of hydrogen-bond acceptors (Lipinski definition) is 0. The van der Waals surface area contributed by atoms with E-state index in [1.54, 1.807) is 0 Å². The van der Waals surface area contributed by atoms with Crippen molar-refractivity contribution in [3.63, 3.8) is 0 Å². The van der Waals surface area contributed by atoms with Crippen molar-refractivity contribution in [2.45, 2.75) is 19.8 Å². The third-order valence-corrected chi connectivity index (χ3v) is 1.47. The van der Waals surface area contributed by atoms with Gasteiger partial charge in [0.25, 0.3) is 0 Å². The molecule has 62 valence electrons. The summed E-state index contributed by atoms with van der Waals surface area (Å²) >= 11 is 2.15. The molecule has 0 spiro atoms. The van der Waals surface area contributed by atoms with Crippen LogP contribution in [0.5, 0.6) is 0 Å². The van der Waals surface area contributed by atoms with E-state index in [4.69, 9.17) is 0 Å². The average molecular weight is 262 g/mol. The Labute approximate surface area is 83.2 Å². The zero-order valence-electron chi connectivity index (χ0n) is 7.34. The number of benzene rings is 1. The summed E-state index contributed by atoms with van der Waals surface area (Å²) in [5.74, 6) is 0.659. The predicted octanol–water partition coefficient (Wildman–Crippen LogP) is 3.86. The summed E-state index contributed by atoms with van der Waals surface area (Å²) in [4.78, 5) is 1.97. The molecule has 0 atom stereocenters. The van der Waals surface area contributed by atoms with E-state index in [0.717, 1.165) is 0 Å². The van der Waals surface area contributed by atoms with Gasteiger partial charge in [-0.1, -0.05) is 66.8 Å². The molecule has 0 saturated carbocycles. The average Bonchev–Trinajstić information content (AvgIpc) is 2.10. The van der Waals surface area contributed by atoms with Crippen molar-refractivity contribution in [2.24, 2.45) is 0 Å². The van der Waals surface area contributed by atoms with Crippen molar-refractivity contribution in [3.05, 3.63) is 35.9 Å². The Morgan fingerprint density at radius 2 is 1.45 bits per heavy atom. The number of alkyl halides is 1. The van der Waals surface area contributed by atoms with Gasteiger partial charge in [0.1, 0.15) is 0 Å². The summed E-state index contributed by atoms with van der Waals surface area (Å²) in [7, 11) is 0. The van der Waals surface area contributed by atoms with Crippen LogP contribution in [0.2, 0.25) is 0 Å². The summed E-state index contributed by atoms with van der Waals surface area (Å²) < 4.78 is 0. The smallest absolute Gasteiger partial charge is 0.0121 e. The van der Waals surface area contributed by atoms with Crippen molar-refractivity contribution in [1.82, 2.24) is 0 Å². The molecule has 0 nitrogen and oxygen atoms in total. The van der Waals surface area contributed by atoms with Crippen LogP contribution < -0.4 is 0 Å². The zero-order valence-corrected chi connectivity index (χ0v) is 9.50. The second-order valence-electron chi connectivity index (χ2n) is 2.57. The second-order valence-corrected chi connectivity index (χ2v) is 2.57. The Morgan fingerprint density at radius 1 is 1.00 bits per heavy atom. The van der Waals surface area contributed by atoms with Crippen LogP contribution in [-0.2, 0) is 0 Å². The molecule has 0 aliphatic rings. The van der Waals surface area contributed by atoms with Gasteiger partial charge >= 0.3 is 0 Å². The fourth-order valence-electron chi connectivity index (χ4n) is 0.838. The molecule has 0 aliphatic carbocycles. The first kappa shape index (κ1) is 11.0. The molecule has 0 bridgehead atoms.